The summed E-state index contributed by atoms with van der Waals surface area (Å²) >= 11 is 12.8. The monoisotopic (exact) mass is 476 g/mol. The van der Waals surface area contributed by atoms with Crippen molar-refractivity contribution in [3.05, 3.63) is 70.5 Å². The van der Waals surface area contributed by atoms with Gasteiger partial charge in [-0.25, -0.2) is 15.0 Å². The molecular weight excluding hydrogens is 451 g/mol. The first kappa shape index (κ1) is 22.1. The molecule has 1 aliphatic carbocycles. The molecular formula is C27H26Cl2N4. The SMILES string of the molecule is CC(C)(C)c1nc(NCC2CC2)c2cc(-c3ccc(Cl)cc3)c(-c3ccccc3Cl)nc2n1. The predicted octanol–water partition coefficient (Wildman–Crippen LogP) is 7.79. The van der Waals surface area contributed by atoms with Crippen molar-refractivity contribution in [2.75, 3.05) is 11.9 Å². The average molecular weight is 477 g/mol. The van der Waals surface area contributed by atoms with Crippen LogP contribution < -0.4 is 5.32 Å². The second-order valence-electron chi connectivity index (χ2n) is 9.71. The average Bonchev–Trinajstić information content (AvgIpc) is 3.61. The molecule has 0 atom stereocenters. The van der Waals surface area contributed by atoms with Crippen molar-refractivity contribution in [1.29, 1.82) is 0 Å². The summed E-state index contributed by atoms with van der Waals surface area (Å²) in [5.41, 5.74) is 4.11. The summed E-state index contributed by atoms with van der Waals surface area (Å²) in [5, 5.41) is 5.83. The highest BCUT2D eigenvalue weighted by atomic mass is 35.5. The third kappa shape index (κ3) is 4.68. The molecule has 33 heavy (non-hydrogen) atoms. The molecule has 2 aromatic carbocycles. The maximum atomic E-state index is 6.62. The fraction of sp³-hybridized carbons (Fsp3) is 0.296. The number of nitrogens with zero attached hydrogens (tertiary/aromatic N) is 3. The van der Waals surface area contributed by atoms with Gasteiger partial charge in [0.05, 0.1) is 11.1 Å². The Kier molecular flexibility index (Phi) is 5.75. The van der Waals surface area contributed by atoms with Gasteiger partial charge < -0.3 is 5.32 Å². The van der Waals surface area contributed by atoms with Crippen LogP contribution in [0.25, 0.3) is 33.4 Å². The molecule has 2 aromatic heterocycles. The fourth-order valence-electron chi connectivity index (χ4n) is 3.80. The minimum absolute atomic E-state index is 0.203. The quantitative estimate of drug-likeness (QED) is 0.319. The molecule has 0 spiro atoms. The van der Waals surface area contributed by atoms with E-state index in [1.165, 1.54) is 12.8 Å². The summed E-state index contributed by atoms with van der Waals surface area (Å²) < 4.78 is 0. The van der Waals surface area contributed by atoms with Crippen LogP contribution in [0.4, 0.5) is 5.82 Å². The van der Waals surface area contributed by atoms with Crippen molar-refractivity contribution < 1.29 is 0 Å². The summed E-state index contributed by atoms with van der Waals surface area (Å²) in [6, 6.07) is 17.7. The molecule has 1 saturated carbocycles. The number of pyridine rings is 1. The van der Waals surface area contributed by atoms with Crippen molar-refractivity contribution >= 4 is 40.1 Å². The number of rotatable bonds is 5. The van der Waals surface area contributed by atoms with Crippen molar-refractivity contribution in [3.8, 4) is 22.4 Å². The van der Waals surface area contributed by atoms with Gasteiger partial charge in [-0.15, -0.1) is 0 Å². The van der Waals surface area contributed by atoms with E-state index in [1.807, 2.05) is 48.5 Å². The van der Waals surface area contributed by atoms with E-state index in [0.29, 0.717) is 15.7 Å². The van der Waals surface area contributed by atoms with Gasteiger partial charge in [0.15, 0.2) is 5.65 Å². The normalized spacial score (nSPS) is 14.0. The molecule has 0 unspecified atom stereocenters. The third-order valence-electron chi connectivity index (χ3n) is 5.90. The van der Waals surface area contributed by atoms with Crippen molar-refractivity contribution in [2.45, 2.75) is 39.0 Å². The van der Waals surface area contributed by atoms with Crippen LogP contribution in [-0.2, 0) is 5.41 Å². The van der Waals surface area contributed by atoms with E-state index in [0.717, 1.165) is 51.9 Å². The predicted molar refractivity (Wildman–Crippen MR) is 138 cm³/mol. The largest absolute Gasteiger partial charge is 0.369 e. The van der Waals surface area contributed by atoms with Crippen LogP contribution in [0, 0.1) is 5.92 Å². The van der Waals surface area contributed by atoms with Crippen molar-refractivity contribution in [3.63, 3.8) is 0 Å². The Labute approximate surface area is 204 Å². The van der Waals surface area contributed by atoms with E-state index in [2.05, 4.69) is 32.2 Å². The highest BCUT2D eigenvalue weighted by Crippen LogP contribution is 2.39. The summed E-state index contributed by atoms with van der Waals surface area (Å²) in [5.74, 6) is 2.33. The molecule has 1 fully saturated rings. The van der Waals surface area contributed by atoms with E-state index in [-0.39, 0.29) is 5.41 Å². The van der Waals surface area contributed by atoms with E-state index in [9.17, 15) is 0 Å². The number of fused-ring (bicyclic) bond motifs is 1. The molecule has 4 aromatic rings. The van der Waals surface area contributed by atoms with E-state index in [4.69, 9.17) is 38.2 Å². The highest BCUT2D eigenvalue weighted by molar-refractivity contribution is 6.33. The van der Waals surface area contributed by atoms with Gasteiger partial charge >= 0.3 is 0 Å². The van der Waals surface area contributed by atoms with E-state index >= 15 is 0 Å². The van der Waals surface area contributed by atoms with Crippen LogP contribution in [0.3, 0.4) is 0 Å². The lowest BCUT2D eigenvalue weighted by Gasteiger charge is -2.20. The summed E-state index contributed by atoms with van der Waals surface area (Å²) in [6.07, 6.45) is 2.54. The first-order chi connectivity index (χ1) is 15.8. The van der Waals surface area contributed by atoms with Crippen LogP contribution in [-0.4, -0.2) is 21.5 Å². The first-order valence-electron chi connectivity index (χ1n) is 11.3. The first-order valence-corrected chi connectivity index (χ1v) is 12.0. The zero-order chi connectivity index (χ0) is 23.2. The summed E-state index contributed by atoms with van der Waals surface area (Å²) in [4.78, 5) is 14.9. The van der Waals surface area contributed by atoms with Crippen LogP contribution >= 0.6 is 23.2 Å². The van der Waals surface area contributed by atoms with Gasteiger partial charge in [-0.05, 0) is 48.6 Å². The molecule has 6 heteroatoms. The van der Waals surface area contributed by atoms with E-state index in [1.54, 1.807) is 0 Å². The number of hydrogen-bond acceptors (Lipinski definition) is 4. The Morgan fingerprint density at radius 1 is 0.909 bits per heavy atom. The second-order valence-corrected chi connectivity index (χ2v) is 10.6. The maximum absolute atomic E-state index is 6.62. The van der Waals surface area contributed by atoms with Crippen molar-refractivity contribution in [1.82, 2.24) is 15.0 Å². The zero-order valence-electron chi connectivity index (χ0n) is 19.0. The molecule has 168 valence electrons. The molecule has 5 rings (SSSR count). The Bertz CT molecular complexity index is 1320. The van der Waals surface area contributed by atoms with Gasteiger partial charge in [-0.1, -0.05) is 74.3 Å². The Hall–Kier alpha value is -2.69. The highest BCUT2D eigenvalue weighted by Gasteiger charge is 2.25. The lowest BCUT2D eigenvalue weighted by Crippen LogP contribution is -2.18. The lowest BCUT2D eigenvalue weighted by molar-refractivity contribution is 0.548. The summed E-state index contributed by atoms with van der Waals surface area (Å²) in [7, 11) is 0. The van der Waals surface area contributed by atoms with Crippen LogP contribution in [0.1, 0.15) is 39.4 Å². The smallest absolute Gasteiger partial charge is 0.165 e. The Morgan fingerprint density at radius 3 is 2.30 bits per heavy atom. The minimum atomic E-state index is -0.203. The number of benzene rings is 2. The lowest BCUT2D eigenvalue weighted by atomic mass is 9.95. The second kappa shape index (κ2) is 8.58. The van der Waals surface area contributed by atoms with Gasteiger partial charge in [0.2, 0.25) is 0 Å². The third-order valence-corrected chi connectivity index (χ3v) is 6.48. The molecule has 0 saturated heterocycles. The minimum Gasteiger partial charge on any atom is -0.369 e. The van der Waals surface area contributed by atoms with Gasteiger partial charge in [0.25, 0.3) is 0 Å². The topological polar surface area (TPSA) is 50.7 Å². The van der Waals surface area contributed by atoms with Gasteiger partial charge in [0, 0.05) is 33.1 Å². The van der Waals surface area contributed by atoms with Gasteiger partial charge in [-0.3, -0.25) is 0 Å². The number of anilines is 1. The zero-order valence-corrected chi connectivity index (χ0v) is 20.5. The molecule has 0 radical (unpaired) electrons. The molecule has 0 bridgehead atoms. The van der Waals surface area contributed by atoms with Crippen LogP contribution in [0.5, 0.6) is 0 Å². The number of halogens is 2. The summed E-state index contributed by atoms with van der Waals surface area (Å²) in [6.45, 7) is 7.28. The van der Waals surface area contributed by atoms with Crippen LogP contribution in [0.15, 0.2) is 54.6 Å². The Morgan fingerprint density at radius 2 is 1.64 bits per heavy atom. The maximum Gasteiger partial charge on any atom is 0.165 e. The molecule has 4 nitrogen and oxygen atoms in total. The molecule has 0 aliphatic heterocycles. The number of nitrogens with one attached hydrogen (secondary N) is 1. The van der Waals surface area contributed by atoms with E-state index < -0.39 is 0 Å². The van der Waals surface area contributed by atoms with Gasteiger partial charge in [-0.2, -0.15) is 0 Å². The molecule has 0 amide bonds. The molecule has 2 heterocycles. The number of aromatic nitrogens is 3. The molecule has 1 N–H and O–H groups in total. The van der Waals surface area contributed by atoms with Crippen LogP contribution in [0.2, 0.25) is 10.0 Å². The van der Waals surface area contributed by atoms with Gasteiger partial charge in [0.1, 0.15) is 11.6 Å². The number of hydrogen-bond donors (Lipinski definition) is 1. The Balaban J connectivity index is 1.78. The molecule has 1 aliphatic rings. The fourth-order valence-corrected chi connectivity index (χ4v) is 4.15. The van der Waals surface area contributed by atoms with Crippen molar-refractivity contribution in [2.24, 2.45) is 5.92 Å². The standard InChI is InChI=1S/C27H26Cl2N4/c1-27(2,3)26-32-24(30-15-16-8-9-16)21-14-20(17-10-12-18(28)13-11-17)23(31-25(21)33-26)19-6-4-5-7-22(19)29/h4-7,10-14,16H,8-9,15H2,1-3H3,(H,30,31,32,33).